The van der Waals surface area contributed by atoms with Crippen LogP contribution in [0.25, 0.3) is 0 Å². The van der Waals surface area contributed by atoms with E-state index in [1.165, 1.54) is 51.4 Å². The highest BCUT2D eigenvalue weighted by Crippen LogP contribution is 2.33. The van der Waals surface area contributed by atoms with Gasteiger partial charge in [0, 0.05) is 37.6 Å². The highest BCUT2D eigenvalue weighted by Gasteiger charge is 2.25. The minimum absolute atomic E-state index is 0.0249. The topological polar surface area (TPSA) is 79.9 Å². The molecule has 0 bridgehead atoms. The largest absolute Gasteiger partial charge is 0.465 e. The lowest BCUT2D eigenvalue weighted by atomic mass is 9.89. The molecule has 0 radical (unpaired) electrons. The van der Waals surface area contributed by atoms with Gasteiger partial charge in [-0.15, -0.1) is 0 Å². The minimum atomic E-state index is -0.0249. The number of allylic oxidation sites excluding steroid dienone is 2. The van der Waals surface area contributed by atoms with Gasteiger partial charge in [-0.25, -0.2) is 0 Å². The molecule has 0 fully saturated rings. The average molecular weight is 758 g/mol. The number of unbranched alkanes of at least 4 members (excludes halogenated alkanes) is 9. The summed E-state index contributed by atoms with van der Waals surface area (Å²) in [5.74, 6) is 3.34. The zero-order valence-electron chi connectivity index (χ0n) is 36.9. The molecule has 1 aliphatic carbocycles. The van der Waals surface area contributed by atoms with E-state index in [0.717, 1.165) is 100 Å². The van der Waals surface area contributed by atoms with Crippen LogP contribution in [0, 0.1) is 35.5 Å². The Balaban J connectivity index is 2.36. The number of hydrogen-bond acceptors (Lipinski definition) is 7. The summed E-state index contributed by atoms with van der Waals surface area (Å²) >= 11 is 0. The fraction of sp³-hybridized carbons (Fsp3) is 0.830. The minimum Gasteiger partial charge on any atom is -0.465 e. The molecule has 0 aliphatic heterocycles. The van der Waals surface area contributed by atoms with Gasteiger partial charge in [0.1, 0.15) is 0 Å². The predicted molar refractivity (Wildman–Crippen MR) is 230 cm³/mol. The van der Waals surface area contributed by atoms with Gasteiger partial charge in [-0.1, -0.05) is 120 Å². The normalized spacial score (nSPS) is 14.4. The van der Waals surface area contributed by atoms with Crippen molar-refractivity contribution >= 4 is 11.9 Å². The average Bonchev–Trinajstić information content (AvgIpc) is 3.11. The number of nitrogens with zero attached hydrogens (tertiary/aromatic N) is 1. The third-order valence-electron chi connectivity index (χ3n) is 11.4. The molecule has 0 saturated heterocycles. The summed E-state index contributed by atoms with van der Waals surface area (Å²) in [7, 11) is 1.94. The van der Waals surface area contributed by atoms with Gasteiger partial charge in [0.05, 0.1) is 24.6 Å². The van der Waals surface area contributed by atoms with E-state index < -0.39 is 0 Å². The maximum Gasteiger partial charge on any atom is 0.305 e. The Morgan fingerprint density at radius 3 is 1.35 bits per heavy atom. The number of hydrogen-bond donors (Lipinski definition) is 2. The molecule has 0 saturated carbocycles. The first-order chi connectivity index (χ1) is 25.8. The second-order valence-corrected chi connectivity index (χ2v) is 17.8. The van der Waals surface area contributed by atoms with Gasteiger partial charge in [0.25, 0.3) is 0 Å². The molecule has 1 rings (SSSR count). The summed E-state index contributed by atoms with van der Waals surface area (Å²) in [4.78, 5) is 27.5. The molecular weight excluding hydrogens is 671 g/mol. The van der Waals surface area contributed by atoms with Crippen molar-refractivity contribution < 1.29 is 19.1 Å². The maximum absolute atomic E-state index is 12.4. The summed E-state index contributed by atoms with van der Waals surface area (Å²) < 4.78 is 11.4. The molecule has 0 aromatic carbocycles. The lowest BCUT2D eigenvalue weighted by molar-refractivity contribution is -0.146. The predicted octanol–water partition coefficient (Wildman–Crippen LogP) is 11.4. The number of rotatable bonds is 35. The number of carbonyl (C=O) groups excluding carboxylic acids is 2. The fourth-order valence-corrected chi connectivity index (χ4v) is 7.15. The summed E-state index contributed by atoms with van der Waals surface area (Å²) in [5, 5.41) is 6.79. The van der Waals surface area contributed by atoms with Gasteiger partial charge in [-0.2, -0.15) is 0 Å². The van der Waals surface area contributed by atoms with Crippen LogP contribution >= 0.6 is 0 Å². The van der Waals surface area contributed by atoms with Crippen molar-refractivity contribution in [3.63, 3.8) is 0 Å². The van der Waals surface area contributed by atoms with Crippen LogP contribution in [0.1, 0.15) is 171 Å². The van der Waals surface area contributed by atoms with Crippen molar-refractivity contribution in [1.29, 1.82) is 0 Å². The van der Waals surface area contributed by atoms with Crippen LogP contribution in [-0.2, 0) is 19.1 Å². The van der Waals surface area contributed by atoms with Gasteiger partial charge in [-0.05, 0) is 107 Å². The van der Waals surface area contributed by atoms with Crippen LogP contribution in [-0.4, -0.2) is 63.3 Å². The zero-order chi connectivity index (χ0) is 40.3. The first kappa shape index (κ1) is 49.7. The lowest BCUT2D eigenvalue weighted by Crippen LogP contribution is -2.32. The van der Waals surface area contributed by atoms with E-state index in [-0.39, 0.29) is 11.9 Å². The monoisotopic (exact) mass is 758 g/mol. The van der Waals surface area contributed by atoms with E-state index in [1.54, 1.807) is 0 Å². The first-order valence-corrected chi connectivity index (χ1v) is 22.3. The Morgan fingerprint density at radius 2 is 0.944 bits per heavy atom. The number of likely N-dealkylation sites (N-methyl/N-ethyl adjacent to an activating group) is 1. The Labute approximate surface area is 334 Å². The highest BCUT2D eigenvalue weighted by atomic mass is 16.5. The van der Waals surface area contributed by atoms with E-state index in [4.69, 9.17) is 9.47 Å². The van der Waals surface area contributed by atoms with Crippen molar-refractivity contribution in [2.45, 2.75) is 171 Å². The Morgan fingerprint density at radius 1 is 0.556 bits per heavy atom. The van der Waals surface area contributed by atoms with Gasteiger partial charge < -0.3 is 25.0 Å². The Kier molecular flexibility index (Phi) is 27.6. The van der Waals surface area contributed by atoms with Gasteiger partial charge in [0.15, 0.2) is 0 Å². The Bertz CT molecular complexity index is 1020. The number of carbonyl (C=O) groups is 2. The molecule has 2 N–H and O–H groups in total. The number of esters is 2. The van der Waals surface area contributed by atoms with Gasteiger partial charge in [-0.3, -0.25) is 9.59 Å². The van der Waals surface area contributed by atoms with E-state index in [0.29, 0.717) is 61.6 Å². The van der Waals surface area contributed by atoms with E-state index in [2.05, 4.69) is 84.1 Å². The zero-order valence-corrected chi connectivity index (χ0v) is 36.9. The molecule has 0 amide bonds. The van der Waals surface area contributed by atoms with Crippen LogP contribution < -0.4 is 10.6 Å². The van der Waals surface area contributed by atoms with E-state index in [1.807, 2.05) is 7.05 Å². The third-order valence-corrected chi connectivity index (χ3v) is 11.4. The van der Waals surface area contributed by atoms with Crippen LogP contribution in [0.5, 0.6) is 0 Å². The first-order valence-electron chi connectivity index (χ1n) is 22.3. The summed E-state index contributed by atoms with van der Waals surface area (Å²) in [6, 6.07) is 0. The van der Waals surface area contributed by atoms with Crippen molar-refractivity contribution in [2.24, 2.45) is 35.5 Å². The van der Waals surface area contributed by atoms with Crippen LogP contribution in [0.3, 0.4) is 0 Å². The van der Waals surface area contributed by atoms with E-state index >= 15 is 0 Å². The molecule has 0 aromatic heterocycles. The molecule has 314 valence electrons. The van der Waals surface area contributed by atoms with Crippen molar-refractivity contribution in [2.75, 3.05) is 46.4 Å². The summed E-state index contributed by atoms with van der Waals surface area (Å²) in [6.45, 7) is 31.7. The molecule has 2 atom stereocenters. The van der Waals surface area contributed by atoms with Crippen molar-refractivity contribution in [3.05, 3.63) is 35.7 Å². The van der Waals surface area contributed by atoms with Gasteiger partial charge >= 0.3 is 11.9 Å². The highest BCUT2D eigenvalue weighted by molar-refractivity contribution is 5.69. The maximum atomic E-state index is 12.4. The Hall–Kier alpha value is -2.28. The second-order valence-electron chi connectivity index (χ2n) is 17.8. The molecule has 2 unspecified atom stereocenters. The second kappa shape index (κ2) is 29.9. The molecular formula is C47H87N3O4. The van der Waals surface area contributed by atoms with Crippen LogP contribution in [0.2, 0.25) is 0 Å². The third kappa shape index (κ3) is 22.9. The summed E-state index contributed by atoms with van der Waals surface area (Å²) in [6.07, 6.45) is 19.2. The molecule has 54 heavy (non-hydrogen) atoms. The standard InChI is InChI=1S/C47H87N3O4/c1-36(2)26-28-42(38(5)6)34-53-44(51)24-18-14-12-16-21-31-50(33-23-20-30-49-47-41(10)40(9)46(47)48-11)32-22-17-13-15-19-25-45(52)54-35-43(39(7)8)29-27-37(3)4/h36-39,42-43,48-49H,9-10,12-35H2,1-8,11H3. The smallest absolute Gasteiger partial charge is 0.305 e. The lowest BCUT2D eigenvalue weighted by Gasteiger charge is -2.30. The quantitative estimate of drug-likeness (QED) is 0.0492. The van der Waals surface area contributed by atoms with Gasteiger partial charge in [0.2, 0.25) is 0 Å². The number of nitrogens with one attached hydrogen (secondary N) is 2. The van der Waals surface area contributed by atoms with E-state index in [9.17, 15) is 9.59 Å². The SMILES string of the molecule is C=C1C(=C)C(NCCCCN(CCCCCCCC(=O)OCC(CCC(C)C)C(C)C)CCCCCCCC(=O)OCC(CCC(C)C)C(C)C)=C1NC. The summed E-state index contributed by atoms with van der Waals surface area (Å²) in [5.41, 5.74) is 4.22. The molecule has 0 spiro atoms. The molecule has 1 aliphatic rings. The molecule has 0 aromatic rings. The molecule has 0 heterocycles. The molecule has 7 heteroatoms. The van der Waals surface area contributed by atoms with Crippen molar-refractivity contribution in [1.82, 2.24) is 15.5 Å². The molecule has 7 nitrogen and oxygen atoms in total. The van der Waals surface area contributed by atoms with Crippen LogP contribution in [0.15, 0.2) is 35.7 Å². The van der Waals surface area contributed by atoms with Crippen LogP contribution in [0.4, 0.5) is 0 Å². The van der Waals surface area contributed by atoms with Crippen molar-refractivity contribution in [3.8, 4) is 0 Å². The number of ether oxygens (including phenoxy) is 2. The fourth-order valence-electron chi connectivity index (χ4n) is 7.15.